The molecule has 2 aliphatic rings. The summed E-state index contributed by atoms with van der Waals surface area (Å²) in [4.78, 5) is 0. The SMILES string of the molecule is CC(C)(O)C1CC2(CCN1)OCCO2. The van der Waals surface area contributed by atoms with Gasteiger partial charge in [0.15, 0.2) is 5.79 Å². The van der Waals surface area contributed by atoms with Crippen molar-refractivity contribution in [2.75, 3.05) is 19.8 Å². The number of hydrogen-bond donors (Lipinski definition) is 2. The summed E-state index contributed by atoms with van der Waals surface area (Å²) in [7, 11) is 0. The van der Waals surface area contributed by atoms with Gasteiger partial charge < -0.3 is 19.9 Å². The van der Waals surface area contributed by atoms with Crippen molar-refractivity contribution in [2.45, 2.75) is 44.1 Å². The summed E-state index contributed by atoms with van der Waals surface area (Å²) in [5.41, 5.74) is -0.720. The van der Waals surface area contributed by atoms with Crippen molar-refractivity contribution in [1.82, 2.24) is 5.32 Å². The Labute approximate surface area is 84.6 Å². The molecule has 14 heavy (non-hydrogen) atoms. The first-order valence-corrected chi connectivity index (χ1v) is 5.26. The Kier molecular flexibility index (Phi) is 2.55. The third-order valence-corrected chi connectivity index (χ3v) is 3.08. The van der Waals surface area contributed by atoms with Gasteiger partial charge in [0.1, 0.15) is 0 Å². The van der Waals surface area contributed by atoms with Crippen molar-refractivity contribution in [3.8, 4) is 0 Å². The molecule has 2 heterocycles. The summed E-state index contributed by atoms with van der Waals surface area (Å²) in [6.07, 6.45) is 1.61. The van der Waals surface area contributed by atoms with Crippen molar-refractivity contribution < 1.29 is 14.6 Å². The van der Waals surface area contributed by atoms with E-state index < -0.39 is 11.4 Å². The number of rotatable bonds is 1. The van der Waals surface area contributed by atoms with Crippen LogP contribution in [0.25, 0.3) is 0 Å². The summed E-state index contributed by atoms with van der Waals surface area (Å²) < 4.78 is 11.3. The molecule has 4 heteroatoms. The van der Waals surface area contributed by atoms with Crippen LogP contribution in [0.4, 0.5) is 0 Å². The Morgan fingerprint density at radius 3 is 2.57 bits per heavy atom. The van der Waals surface area contributed by atoms with Crippen molar-refractivity contribution in [3.63, 3.8) is 0 Å². The topological polar surface area (TPSA) is 50.7 Å². The minimum atomic E-state index is -0.720. The van der Waals surface area contributed by atoms with E-state index in [4.69, 9.17) is 9.47 Å². The van der Waals surface area contributed by atoms with E-state index in [9.17, 15) is 5.11 Å². The summed E-state index contributed by atoms with van der Waals surface area (Å²) in [6.45, 7) is 5.84. The molecule has 1 unspecified atom stereocenters. The van der Waals surface area contributed by atoms with Gasteiger partial charge in [0.25, 0.3) is 0 Å². The van der Waals surface area contributed by atoms with Crippen molar-refractivity contribution in [1.29, 1.82) is 0 Å². The molecule has 2 fully saturated rings. The van der Waals surface area contributed by atoms with Gasteiger partial charge in [-0.2, -0.15) is 0 Å². The van der Waals surface area contributed by atoms with Crippen LogP contribution >= 0.6 is 0 Å². The molecule has 0 aromatic rings. The molecule has 0 aliphatic carbocycles. The van der Waals surface area contributed by atoms with E-state index in [-0.39, 0.29) is 6.04 Å². The Morgan fingerprint density at radius 1 is 1.36 bits per heavy atom. The Hall–Kier alpha value is -0.160. The van der Waals surface area contributed by atoms with Gasteiger partial charge in [-0.1, -0.05) is 0 Å². The van der Waals surface area contributed by atoms with E-state index in [0.717, 1.165) is 19.4 Å². The summed E-state index contributed by atoms with van der Waals surface area (Å²) in [5, 5.41) is 13.2. The number of aliphatic hydroxyl groups is 1. The zero-order valence-electron chi connectivity index (χ0n) is 8.88. The molecule has 2 N–H and O–H groups in total. The first kappa shape index (κ1) is 10.4. The van der Waals surface area contributed by atoms with Crippen molar-refractivity contribution in [3.05, 3.63) is 0 Å². The Balaban J connectivity index is 2.03. The van der Waals surface area contributed by atoms with Crippen LogP contribution in [0.3, 0.4) is 0 Å². The van der Waals surface area contributed by atoms with Gasteiger partial charge in [0.2, 0.25) is 0 Å². The largest absolute Gasteiger partial charge is 0.389 e. The smallest absolute Gasteiger partial charge is 0.171 e. The van der Waals surface area contributed by atoms with Crippen LogP contribution < -0.4 is 5.32 Å². The van der Waals surface area contributed by atoms with E-state index in [2.05, 4.69) is 5.32 Å². The molecule has 82 valence electrons. The minimum Gasteiger partial charge on any atom is -0.389 e. The number of nitrogens with one attached hydrogen (secondary N) is 1. The fourth-order valence-electron chi connectivity index (χ4n) is 2.18. The predicted molar refractivity (Wildman–Crippen MR) is 52.0 cm³/mol. The van der Waals surface area contributed by atoms with Gasteiger partial charge in [-0.15, -0.1) is 0 Å². The average molecular weight is 201 g/mol. The molecule has 0 aromatic carbocycles. The Morgan fingerprint density at radius 2 is 2.00 bits per heavy atom. The minimum absolute atomic E-state index is 0.0503. The van der Waals surface area contributed by atoms with Crippen LogP contribution in [-0.4, -0.2) is 42.3 Å². The van der Waals surface area contributed by atoms with E-state index in [1.807, 2.05) is 13.8 Å². The summed E-state index contributed by atoms with van der Waals surface area (Å²) in [6, 6.07) is 0.0503. The third-order valence-electron chi connectivity index (χ3n) is 3.08. The second kappa shape index (κ2) is 3.45. The monoisotopic (exact) mass is 201 g/mol. The lowest BCUT2D eigenvalue weighted by molar-refractivity contribution is -0.191. The lowest BCUT2D eigenvalue weighted by Crippen LogP contribution is -2.57. The predicted octanol–water partition coefficient (Wildman–Crippen LogP) is 0.252. The van der Waals surface area contributed by atoms with Gasteiger partial charge in [0.05, 0.1) is 18.8 Å². The highest BCUT2D eigenvalue weighted by molar-refractivity contribution is 4.94. The van der Waals surface area contributed by atoms with Gasteiger partial charge >= 0.3 is 0 Å². The van der Waals surface area contributed by atoms with Gasteiger partial charge in [-0.3, -0.25) is 0 Å². The molecule has 2 rings (SSSR count). The number of ether oxygens (including phenoxy) is 2. The molecule has 0 amide bonds. The zero-order valence-corrected chi connectivity index (χ0v) is 8.88. The third kappa shape index (κ3) is 1.93. The lowest BCUT2D eigenvalue weighted by Gasteiger charge is -2.41. The Bertz CT molecular complexity index is 206. The fourth-order valence-corrected chi connectivity index (χ4v) is 2.18. The van der Waals surface area contributed by atoms with E-state index >= 15 is 0 Å². The molecule has 0 saturated carbocycles. The highest BCUT2D eigenvalue weighted by Gasteiger charge is 2.44. The van der Waals surface area contributed by atoms with Crippen LogP contribution in [-0.2, 0) is 9.47 Å². The molecule has 0 aromatic heterocycles. The highest BCUT2D eigenvalue weighted by Crippen LogP contribution is 2.33. The van der Waals surface area contributed by atoms with Gasteiger partial charge in [-0.25, -0.2) is 0 Å². The maximum Gasteiger partial charge on any atom is 0.171 e. The number of piperidine rings is 1. The lowest BCUT2D eigenvalue weighted by atomic mass is 9.87. The number of hydrogen-bond acceptors (Lipinski definition) is 4. The van der Waals surface area contributed by atoms with E-state index in [1.165, 1.54) is 0 Å². The normalized spacial score (nSPS) is 32.4. The highest BCUT2D eigenvalue weighted by atomic mass is 16.7. The van der Waals surface area contributed by atoms with E-state index in [0.29, 0.717) is 13.2 Å². The summed E-state index contributed by atoms with van der Waals surface area (Å²) >= 11 is 0. The van der Waals surface area contributed by atoms with Crippen LogP contribution in [0.15, 0.2) is 0 Å². The standard InChI is InChI=1S/C10H19NO3/c1-9(2,12)8-7-10(3-4-11-8)13-5-6-14-10/h8,11-12H,3-7H2,1-2H3. The van der Waals surface area contributed by atoms with Gasteiger partial charge in [-0.05, 0) is 13.8 Å². The molecule has 2 aliphatic heterocycles. The fraction of sp³-hybridized carbons (Fsp3) is 1.00. The second-order valence-corrected chi connectivity index (χ2v) is 4.72. The molecule has 1 spiro atoms. The maximum absolute atomic E-state index is 9.91. The van der Waals surface area contributed by atoms with E-state index in [1.54, 1.807) is 0 Å². The quantitative estimate of drug-likeness (QED) is 0.638. The molecule has 4 nitrogen and oxygen atoms in total. The van der Waals surface area contributed by atoms with Crippen molar-refractivity contribution >= 4 is 0 Å². The van der Waals surface area contributed by atoms with Crippen molar-refractivity contribution in [2.24, 2.45) is 0 Å². The molecule has 2 saturated heterocycles. The first-order valence-electron chi connectivity index (χ1n) is 5.26. The van der Waals surface area contributed by atoms with Crippen LogP contribution in [0.2, 0.25) is 0 Å². The molecule has 0 radical (unpaired) electrons. The maximum atomic E-state index is 9.91. The van der Waals surface area contributed by atoms with Gasteiger partial charge in [0, 0.05) is 25.4 Å². The molecular formula is C10H19NO3. The summed E-state index contributed by atoms with van der Waals surface area (Å²) in [5.74, 6) is -0.421. The molecule has 0 bridgehead atoms. The average Bonchev–Trinajstić information content (AvgIpc) is 2.52. The van der Waals surface area contributed by atoms with Crippen LogP contribution in [0, 0.1) is 0 Å². The zero-order chi connectivity index (χ0) is 10.2. The molecule has 1 atom stereocenters. The molecular weight excluding hydrogens is 182 g/mol. The van der Waals surface area contributed by atoms with Crippen LogP contribution in [0.1, 0.15) is 26.7 Å². The first-order chi connectivity index (χ1) is 6.52. The van der Waals surface area contributed by atoms with Crippen LogP contribution in [0.5, 0.6) is 0 Å². The second-order valence-electron chi connectivity index (χ2n) is 4.72.